The second kappa shape index (κ2) is 6.80. The van der Waals surface area contributed by atoms with E-state index in [1.54, 1.807) is 12.3 Å². The molecule has 0 fully saturated rings. The van der Waals surface area contributed by atoms with Crippen LogP contribution >= 0.6 is 0 Å². The van der Waals surface area contributed by atoms with Gasteiger partial charge in [0.05, 0.1) is 6.61 Å². The van der Waals surface area contributed by atoms with Crippen LogP contribution in [0.15, 0.2) is 43.0 Å². The molecule has 0 aliphatic heterocycles. The van der Waals surface area contributed by atoms with Crippen molar-refractivity contribution >= 4 is 6.21 Å². The summed E-state index contributed by atoms with van der Waals surface area (Å²) in [6, 6.07) is 9.31. The zero-order valence-electron chi connectivity index (χ0n) is 9.50. The first-order valence-corrected chi connectivity index (χ1v) is 5.28. The Kier molecular flexibility index (Phi) is 5.29. The summed E-state index contributed by atoms with van der Waals surface area (Å²) in [5, 5.41) is 11.7. The molecule has 1 rings (SSSR count). The standard InChI is InChI=1S/C13H17NO2/c1-3-9-16-11-12(2)14(15)10-13-7-5-4-6-8-13/h3-8,10,12H,1,9,11H2,2H3/b14-10-/t12-/m0/s1. The summed E-state index contributed by atoms with van der Waals surface area (Å²) in [5.41, 5.74) is 0.896. The molecule has 3 nitrogen and oxygen atoms in total. The van der Waals surface area contributed by atoms with Gasteiger partial charge in [0.25, 0.3) is 0 Å². The maximum atomic E-state index is 11.7. The van der Waals surface area contributed by atoms with E-state index in [0.29, 0.717) is 13.2 Å². The summed E-state index contributed by atoms with van der Waals surface area (Å²) < 4.78 is 6.14. The molecule has 0 radical (unpaired) electrons. The Morgan fingerprint density at radius 3 is 2.75 bits per heavy atom. The van der Waals surface area contributed by atoms with Crippen molar-refractivity contribution in [2.75, 3.05) is 13.2 Å². The van der Waals surface area contributed by atoms with Crippen LogP contribution in [0.4, 0.5) is 0 Å². The first-order valence-electron chi connectivity index (χ1n) is 5.28. The molecule has 0 amide bonds. The van der Waals surface area contributed by atoms with Crippen molar-refractivity contribution < 1.29 is 9.48 Å². The number of benzene rings is 1. The van der Waals surface area contributed by atoms with Crippen LogP contribution in [0.5, 0.6) is 0 Å². The largest absolute Gasteiger partial charge is 0.624 e. The van der Waals surface area contributed by atoms with Gasteiger partial charge in [-0.3, -0.25) is 0 Å². The quantitative estimate of drug-likeness (QED) is 0.184. The molecule has 0 unspecified atom stereocenters. The predicted octanol–water partition coefficient (Wildman–Crippen LogP) is 2.21. The minimum Gasteiger partial charge on any atom is -0.624 e. The van der Waals surface area contributed by atoms with Gasteiger partial charge in [0.1, 0.15) is 6.61 Å². The predicted molar refractivity (Wildman–Crippen MR) is 65.7 cm³/mol. The molecule has 0 heterocycles. The van der Waals surface area contributed by atoms with Crippen LogP contribution < -0.4 is 0 Å². The monoisotopic (exact) mass is 219 g/mol. The maximum absolute atomic E-state index is 11.7. The van der Waals surface area contributed by atoms with Crippen LogP contribution in [0.1, 0.15) is 12.5 Å². The Bertz CT molecular complexity index is 346. The normalized spacial score (nSPS) is 13.4. The fraction of sp³-hybridized carbons (Fsp3) is 0.308. The maximum Gasteiger partial charge on any atom is 0.183 e. The highest BCUT2D eigenvalue weighted by Crippen LogP contribution is 1.97. The second-order valence-electron chi connectivity index (χ2n) is 3.57. The average molecular weight is 219 g/mol. The van der Waals surface area contributed by atoms with Crippen molar-refractivity contribution in [2.45, 2.75) is 13.0 Å². The molecule has 0 aromatic heterocycles. The van der Waals surface area contributed by atoms with Gasteiger partial charge in [0.15, 0.2) is 12.3 Å². The number of hydroxylamine groups is 1. The summed E-state index contributed by atoms with van der Waals surface area (Å²) in [6.07, 6.45) is 3.24. The van der Waals surface area contributed by atoms with Crippen LogP contribution in [0.2, 0.25) is 0 Å². The van der Waals surface area contributed by atoms with Crippen LogP contribution in [0, 0.1) is 5.21 Å². The first kappa shape index (κ1) is 12.5. The van der Waals surface area contributed by atoms with E-state index in [-0.39, 0.29) is 6.04 Å². The summed E-state index contributed by atoms with van der Waals surface area (Å²) in [7, 11) is 0. The smallest absolute Gasteiger partial charge is 0.183 e. The second-order valence-corrected chi connectivity index (χ2v) is 3.57. The lowest BCUT2D eigenvalue weighted by atomic mass is 10.2. The number of ether oxygens (including phenoxy) is 1. The van der Waals surface area contributed by atoms with Crippen molar-refractivity contribution in [3.8, 4) is 0 Å². The Balaban J connectivity index is 2.52. The van der Waals surface area contributed by atoms with E-state index in [9.17, 15) is 5.21 Å². The number of rotatable bonds is 6. The van der Waals surface area contributed by atoms with Crippen LogP contribution in [0.3, 0.4) is 0 Å². The van der Waals surface area contributed by atoms with Gasteiger partial charge < -0.3 is 9.94 Å². The minimum atomic E-state index is -0.194. The Labute approximate surface area is 96.3 Å². The Morgan fingerprint density at radius 1 is 1.44 bits per heavy atom. The molecule has 1 aromatic carbocycles. The highest BCUT2D eigenvalue weighted by atomic mass is 16.5. The van der Waals surface area contributed by atoms with Crippen molar-refractivity contribution in [1.29, 1.82) is 0 Å². The van der Waals surface area contributed by atoms with E-state index in [4.69, 9.17) is 4.74 Å². The fourth-order valence-corrected chi connectivity index (χ4v) is 1.21. The summed E-state index contributed by atoms with van der Waals surface area (Å²) >= 11 is 0. The molecule has 1 atom stereocenters. The molecule has 16 heavy (non-hydrogen) atoms. The summed E-state index contributed by atoms with van der Waals surface area (Å²) in [5.74, 6) is 0. The van der Waals surface area contributed by atoms with E-state index in [2.05, 4.69) is 6.58 Å². The van der Waals surface area contributed by atoms with Gasteiger partial charge in [0, 0.05) is 12.5 Å². The lowest BCUT2D eigenvalue weighted by molar-refractivity contribution is -0.496. The Morgan fingerprint density at radius 2 is 2.12 bits per heavy atom. The summed E-state index contributed by atoms with van der Waals surface area (Å²) in [4.78, 5) is 0. The first-order chi connectivity index (χ1) is 7.74. The van der Waals surface area contributed by atoms with Crippen molar-refractivity contribution in [2.24, 2.45) is 0 Å². The molecule has 0 N–H and O–H groups in total. The van der Waals surface area contributed by atoms with E-state index >= 15 is 0 Å². The third-order valence-electron chi connectivity index (χ3n) is 2.11. The van der Waals surface area contributed by atoms with Gasteiger partial charge in [-0.05, 0) is 12.1 Å². The summed E-state index contributed by atoms with van der Waals surface area (Å²) in [6.45, 7) is 6.25. The van der Waals surface area contributed by atoms with Gasteiger partial charge in [-0.15, -0.1) is 6.58 Å². The molecule has 86 valence electrons. The minimum absolute atomic E-state index is 0.194. The molecular weight excluding hydrogens is 202 g/mol. The van der Waals surface area contributed by atoms with Crippen molar-refractivity contribution in [3.05, 3.63) is 53.8 Å². The van der Waals surface area contributed by atoms with E-state index in [1.807, 2.05) is 37.3 Å². The lowest BCUT2D eigenvalue weighted by Gasteiger charge is -2.12. The molecule has 0 bridgehead atoms. The molecule has 0 spiro atoms. The van der Waals surface area contributed by atoms with Crippen molar-refractivity contribution in [3.63, 3.8) is 0 Å². The zero-order valence-corrected chi connectivity index (χ0v) is 9.50. The number of hydrogen-bond donors (Lipinski definition) is 0. The third-order valence-corrected chi connectivity index (χ3v) is 2.11. The van der Waals surface area contributed by atoms with Gasteiger partial charge in [-0.25, -0.2) is 4.74 Å². The van der Waals surface area contributed by atoms with E-state index in [0.717, 1.165) is 10.3 Å². The fourth-order valence-electron chi connectivity index (χ4n) is 1.21. The average Bonchev–Trinajstić information content (AvgIpc) is 2.30. The van der Waals surface area contributed by atoms with Gasteiger partial charge in [-0.2, -0.15) is 0 Å². The number of nitrogens with zero attached hydrogens (tertiary/aromatic N) is 1. The topological polar surface area (TPSA) is 35.3 Å². The third kappa shape index (κ3) is 4.28. The number of hydrogen-bond acceptors (Lipinski definition) is 2. The molecule has 0 aliphatic carbocycles. The van der Waals surface area contributed by atoms with Crippen molar-refractivity contribution in [1.82, 2.24) is 0 Å². The van der Waals surface area contributed by atoms with E-state index < -0.39 is 0 Å². The molecule has 1 aromatic rings. The highest BCUT2D eigenvalue weighted by Gasteiger charge is 2.08. The molecular formula is C13H17NO2. The van der Waals surface area contributed by atoms with Crippen LogP contribution in [-0.4, -0.2) is 30.2 Å². The van der Waals surface area contributed by atoms with Crippen LogP contribution in [-0.2, 0) is 4.74 Å². The molecule has 3 heteroatoms. The zero-order chi connectivity index (χ0) is 11.8. The van der Waals surface area contributed by atoms with Gasteiger partial charge >= 0.3 is 0 Å². The van der Waals surface area contributed by atoms with E-state index in [1.165, 1.54) is 0 Å². The molecule has 0 aliphatic rings. The van der Waals surface area contributed by atoms with Gasteiger partial charge in [0.2, 0.25) is 0 Å². The molecule has 0 saturated carbocycles. The van der Waals surface area contributed by atoms with Gasteiger partial charge in [-0.1, -0.05) is 24.3 Å². The highest BCUT2D eigenvalue weighted by molar-refractivity contribution is 5.75. The SMILES string of the molecule is C=CCOC[C@H](C)/[N+]([O-])=C/c1ccccc1. The Hall–Kier alpha value is -1.61. The molecule has 0 saturated heterocycles. The lowest BCUT2D eigenvalue weighted by Crippen LogP contribution is -2.24. The van der Waals surface area contributed by atoms with Crippen LogP contribution in [0.25, 0.3) is 0 Å².